The zero-order valence-corrected chi connectivity index (χ0v) is 18.3. The van der Waals surface area contributed by atoms with E-state index in [-0.39, 0.29) is 18.3 Å². The molecule has 0 atom stereocenters. The predicted molar refractivity (Wildman–Crippen MR) is 119 cm³/mol. The smallest absolute Gasteiger partial charge is 0.263 e. The Morgan fingerprint density at radius 3 is 2.61 bits per heavy atom. The van der Waals surface area contributed by atoms with Gasteiger partial charge in [-0.25, -0.2) is 4.98 Å². The van der Waals surface area contributed by atoms with E-state index in [0.717, 1.165) is 28.3 Å². The van der Waals surface area contributed by atoms with Crippen molar-refractivity contribution in [3.8, 4) is 5.75 Å². The minimum Gasteiger partial charge on any atom is -0.496 e. The van der Waals surface area contributed by atoms with Gasteiger partial charge in [0.1, 0.15) is 5.75 Å². The first kappa shape index (κ1) is 22.1. The first-order valence-corrected chi connectivity index (χ1v) is 9.78. The summed E-state index contributed by atoms with van der Waals surface area (Å²) in [6, 6.07) is 13.5. The molecule has 1 aromatic heterocycles. The largest absolute Gasteiger partial charge is 0.496 e. The Bertz CT molecular complexity index is 942. The molecule has 0 aliphatic rings. The summed E-state index contributed by atoms with van der Waals surface area (Å²) < 4.78 is 6.49. The van der Waals surface area contributed by atoms with Crippen molar-refractivity contribution in [2.45, 2.75) is 13.3 Å². The van der Waals surface area contributed by atoms with Gasteiger partial charge in [-0.3, -0.25) is 9.69 Å². The summed E-state index contributed by atoms with van der Waals surface area (Å²) in [5.41, 5.74) is 2.67. The van der Waals surface area contributed by atoms with Crippen molar-refractivity contribution in [3.63, 3.8) is 0 Å². The summed E-state index contributed by atoms with van der Waals surface area (Å²) in [7, 11) is 5.66. The second-order valence-electron chi connectivity index (χ2n) is 6.78. The molecular weight excluding hydrogens is 394 g/mol. The molecule has 0 unspecified atom stereocenters. The highest BCUT2D eigenvalue weighted by Gasteiger charge is 2.23. The van der Waals surface area contributed by atoms with E-state index < -0.39 is 0 Å². The number of ether oxygens (including phenoxy) is 1. The normalized spacial score (nSPS) is 10.8. The van der Waals surface area contributed by atoms with Gasteiger partial charge in [0.2, 0.25) is 0 Å². The third-order valence-corrected chi connectivity index (χ3v) is 5.37. The maximum Gasteiger partial charge on any atom is 0.263 e. The number of thiazole rings is 1. The van der Waals surface area contributed by atoms with Crippen LogP contribution >= 0.6 is 23.7 Å². The van der Waals surface area contributed by atoms with Crippen LogP contribution in [0.3, 0.4) is 0 Å². The van der Waals surface area contributed by atoms with Crippen molar-refractivity contribution in [3.05, 3.63) is 53.6 Å². The predicted octanol–water partition coefficient (Wildman–Crippen LogP) is 4.63. The van der Waals surface area contributed by atoms with Crippen LogP contribution < -0.4 is 9.64 Å². The van der Waals surface area contributed by atoms with E-state index in [1.807, 2.05) is 44.4 Å². The number of benzene rings is 2. The molecule has 0 N–H and O–H groups in total. The highest BCUT2D eigenvalue weighted by Crippen LogP contribution is 2.31. The highest BCUT2D eigenvalue weighted by molar-refractivity contribution is 7.22. The Morgan fingerprint density at radius 2 is 1.89 bits per heavy atom. The molecule has 2 aromatic carbocycles. The minimum absolute atomic E-state index is 0. The SMILES string of the molecule is COc1ccccc1C(=O)N(CCCN(C)C)c1nc2ccc(C)cc2s1.Cl. The lowest BCUT2D eigenvalue weighted by Crippen LogP contribution is -2.33. The fourth-order valence-corrected chi connectivity index (χ4v) is 4.02. The van der Waals surface area contributed by atoms with E-state index >= 15 is 0 Å². The zero-order valence-electron chi connectivity index (χ0n) is 16.6. The van der Waals surface area contributed by atoms with Crippen LogP contribution in [-0.2, 0) is 0 Å². The van der Waals surface area contributed by atoms with E-state index in [1.54, 1.807) is 29.4 Å². The number of nitrogens with zero attached hydrogens (tertiary/aromatic N) is 3. The second-order valence-corrected chi connectivity index (χ2v) is 7.79. The molecule has 0 aliphatic heterocycles. The molecule has 5 nitrogen and oxygen atoms in total. The number of rotatable bonds is 7. The third-order valence-electron chi connectivity index (χ3n) is 4.33. The van der Waals surface area contributed by atoms with E-state index in [4.69, 9.17) is 9.72 Å². The lowest BCUT2D eigenvalue weighted by molar-refractivity contribution is 0.0983. The molecule has 0 saturated heterocycles. The number of halogens is 1. The van der Waals surface area contributed by atoms with Crippen LogP contribution in [-0.4, -0.2) is 50.1 Å². The van der Waals surface area contributed by atoms with Crippen molar-refractivity contribution in [1.82, 2.24) is 9.88 Å². The van der Waals surface area contributed by atoms with Gasteiger partial charge >= 0.3 is 0 Å². The number of hydrogen-bond acceptors (Lipinski definition) is 5. The molecule has 0 fully saturated rings. The Kier molecular flexibility index (Phi) is 7.80. The number of carbonyl (C=O) groups is 1. The monoisotopic (exact) mass is 419 g/mol. The van der Waals surface area contributed by atoms with Gasteiger partial charge in [-0.15, -0.1) is 12.4 Å². The number of anilines is 1. The topological polar surface area (TPSA) is 45.7 Å². The number of aromatic nitrogens is 1. The van der Waals surface area contributed by atoms with Gasteiger partial charge in [0, 0.05) is 6.54 Å². The molecule has 7 heteroatoms. The molecular formula is C21H26ClN3O2S. The molecule has 1 heterocycles. The van der Waals surface area contributed by atoms with Crippen LogP contribution in [0.1, 0.15) is 22.3 Å². The number of aryl methyl sites for hydroxylation is 1. The standard InChI is InChI=1S/C21H25N3O2S.ClH/c1-15-10-11-17-19(14-15)27-21(22-17)24(13-7-12-23(2)3)20(25)16-8-5-6-9-18(16)26-4;/h5-6,8-11,14H,7,12-13H2,1-4H3;1H. The Morgan fingerprint density at radius 1 is 1.14 bits per heavy atom. The molecule has 0 bridgehead atoms. The van der Waals surface area contributed by atoms with E-state index in [9.17, 15) is 4.79 Å². The second kappa shape index (κ2) is 9.87. The van der Waals surface area contributed by atoms with Crippen LogP contribution in [0.2, 0.25) is 0 Å². The summed E-state index contributed by atoms with van der Waals surface area (Å²) in [5, 5.41) is 0.727. The average Bonchev–Trinajstić information content (AvgIpc) is 3.07. The lowest BCUT2D eigenvalue weighted by Gasteiger charge is -2.22. The Hall–Kier alpha value is -2.15. The molecule has 3 aromatic rings. The summed E-state index contributed by atoms with van der Waals surface area (Å²) in [4.78, 5) is 22.0. The van der Waals surface area contributed by atoms with Gasteiger partial charge in [0.15, 0.2) is 5.13 Å². The first-order valence-electron chi connectivity index (χ1n) is 8.96. The molecule has 0 aliphatic carbocycles. The number of carbonyl (C=O) groups excluding carboxylic acids is 1. The number of hydrogen-bond donors (Lipinski definition) is 0. The fraction of sp³-hybridized carbons (Fsp3) is 0.333. The van der Waals surface area contributed by atoms with Crippen molar-refractivity contribution < 1.29 is 9.53 Å². The van der Waals surface area contributed by atoms with Crippen molar-refractivity contribution >= 4 is 45.0 Å². The van der Waals surface area contributed by atoms with Gasteiger partial charge in [-0.2, -0.15) is 0 Å². The average molecular weight is 420 g/mol. The van der Waals surface area contributed by atoms with E-state index in [0.29, 0.717) is 17.9 Å². The minimum atomic E-state index is -0.0815. The number of para-hydroxylation sites is 1. The molecule has 3 rings (SSSR count). The number of fused-ring (bicyclic) bond motifs is 1. The summed E-state index contributed by atoms with van der Waals surface area (Å²) in [6.45, 7) is 3.57. The lowest BCUT2D eigenvalue weighted by atomic mass is 10.1. The Labute approximate surface area is 176 Å². The third kappa shape index (κ3) is 5.01. The maximum atomic E-state index is 13.3. The summed E-state index contributed by atoms with van der Waals surface area (Å²) >= 11 is 1.55. The molecule has 1 amide bonds. The van der Waals surface area contributed by atoms with E-state index in [1.165, 1.54) is 5.56 Å². The molecule has 28 heavy (non-hydrogen) atoms. The molecule has 150 valence electrons. The van der Waals surface area contributed by atoms with Gasteiger partial charge in [0.25, 0.3) is 5.91 Å². The van der Waals surface area contributed by atoms with Gasteiger partial charge in [0.05, 0.1) is 22.9 Å². The molecule has 0 saturated carbocycles. The quantitative estimate of drug-likeness (QED) is 0.560. The van der Waals surface area contributed by atoms with Gasteiger partial charge in [-0.05, 0) is 63.8 Å². The summed E-state index contributed by atoms with van der Waals surface area (Å²) in [6.07, 6.45) is 0.864. The molecule has 0 radical (unpaired) electrons. The van der Waals surface area contributed by atoms with Crippen molar-refractivity contribution in [2.75, 3.05) is 39.2 Å². The zero-order chi connectivity index (χ0) is 19.4. The van der Waals surface area contributed by atoms with Crippen molar-refractivity contribution in [2.24, 2.45) is 0 Å². The van der Waals surface area contributed by atoms with Crippen LogP contribution in [0.4, 0.5) is 5.13 Å². The van der Waals surface area contributed by atoms with Crippen LogP contribution in [0, 0.1) is 6.92 Å². The van der Waals surface area contributed by atoms with Crippen molar-refractivity contribution in [1.29, 1.82) is 0 Å². The first-order chi connectivity index (χ1) is 13.0. The van der Waals surface area contributed by atoms with Gasteiger partial charge in [-0.1, -0.05) is 29.5 Å². The highest BCUT2D eigenvalue weighted by atomic mass is 35.5. The van der Waals surface area contributed by atoms with Crippen LogP contribution in [0.25, 0.3) is 10.2 Å². The number of amides is 1. The van der Waals surface area contributed by atoms with Gasteiger partial charge < -0.3 is 9.64 Å². The number of methoxy groups -OCH3 is 1. The fourth-order valence-electron chi connectivity index (χ4n) is 2.93. The van der Waals surface area contributed by atoms with Crippen LogP contribution in [0.5, 0.6) is 5.75 Å². The maximum absolute atomic E-state index is 13.3. The van der Waals surface area contributed by atoms with E-state index in [2.05, 4.69) is 17.9 Å². The molecule has 0 spiro atoms. The Balaban J connectivity index is 0.00000280. The van der Waals surface area contributed by atoms with Crippen LogP contribution in [0.15, 0.2) is 42.5 Å². The summed E-state index contributed by atoms with van der Waals surface area (Å²) in [5.74, 6) is 0.499.